The predicted molar refractivity (Wildman–Crippen MR) is 116 cm³/mol. The van der Waals surface area contributed by atoms with Gasteiger partial charge >= 0.3 is 0 Å². The van der Waals surface area contributed by atoms with Crippen LogP contribution < -0.4 is 15.4 Å². The number of hydrogen-bond donors (Lipinski definition) is 2. The molecule has 2 N–H and O–H groups in total. The molecule has 0 aliphatic carbocycles. The molecule has 0 saturated carbocycles. The fourth-order valence-corrected chi connectivity index (χ4v) is 2.91. The summed E-state index contributed by atoms with van der Waals surface area (Å²) in [5, 5.41) is 5.80. The zero-order valence-electron chi connectivity index (χ0n) is 17.6. The highest BCUT2D eigenvalue weighted by molar-refractivity contribution is 5.88. The number of nitrogens with one attached hydrogen (secondary N) is 2. The number of unbranched alkanes of at least 4 members (excludes halogenated alkanes) is 1. The molecule has 1 atom stereocenters. The SMILES string of the molecule is Cc1ccc(OCCCCNC(=O)C(NC(=O)Cc2ccccc2)C(C)C)cc1. The molecule has 5 heteroatoms. The van der Waals surface area contributed by atoms with E-state index in [0.717, 1.165) is 24.2 Å². The Bertz CT molecular complexity index is 757. The third-order valence-corrected chi connectivity index (χ3v) is 4.63. The van der Waals surface area contributed by atoms with Crippen LogP contribution in [0.4, 0.5) is 0 Å². The lowest BCUT2D eigenvalue weighted by Gasteiger charge is -2.22. The summed E-state index contributed by atoms with van der Waals surface area (Å²) in [7, 11) is 0. The summed E-state index contributed by atoms with van der Waals surface area (Å²) >= 11 is 0. The first-order chi connectivity index (χ1) is 14.0. The highest BCUT2D eigenvalue weighted by Gasteiger charge is 2.23. The summed E-state index contributed by atoms with van der Waals surface area (Å²) in [6, 6.07) is 17.0. The van der Waals surface area contributed by atoms with Crippen LogP contribution in [0, 0.1) is 12.8 Å². The van der Waals surface area contributed by atoms with Crippen molar-refractivity contribution in [1.82, 2.24) is 10.6 Å². The second-order valence-electron chi connectivity index (χ2n) is 7.61. The van der Waals surface area contributed by atoms with E-state index in [1.54, 1.807) is 0 Å². The molecule has 0 spiro atoms. The maximum Gasteiger partial charge on any atom is 0.242 e. The lowest BCUT2D eigenvalue weighted by Crippen LogP contribution is -2.50. The standard InChI is InChI=1S/C24H32N2O3/c1-18(2)23(26-22(27)17-20-9-5-4-6-10-20)24(28)25-15-7-8-16-29-21-13-11-19(3)12-14-21/h4-6,9-14,18,23H,7-8,15-17H2,1-3H3,(H,25,28)(H,26,27). The third-order valence-electron chi connectivity index (χ3n) is 4.63. The van der Waals surface area contributed by atoms with Crippen molar-refractivity contribution in [2.45, 2.75) is 46.1 Å². The minimum absolute atomic E-state index is 0.0135. The van der Waals surface area contributed by atoms with E-state index >= 15 is 0 Å². The van der Waals surface area contributed by atoms with Gasteiger partial charge < -0.3 is 15.4 Å². The van der Waals surface area contributed by atoms with Gasteiger partial charge in [-0.1, -0.05) is 61.9 Å². The maximum atomic E-state index is 12.5. The molecule has 0 saturated heterocycles. The Kier molecular flexibility index (Phi) is 9.22. The van der Waals surface area contributed by atoms with Gasteiger partial charge in [0.05, 0.1) is 13.0 Å². The molecule has 2 rings (SSSR count). The molecular formula is C24H32N2O3. The number of rotatable bonds is 11. The average Bonchev–Trinajstić information content (AvgIpc) is 2.70. The van der Waals surface area contributed by atoms with Crippen molar-refractivity contribution in [2.24, 2.45) is 5.92 Å². The molecule has 0 bridgehead atoms. The van der Waals surface area contributed by atoms with Gasteiger partial charge in [-0.2, -0.15) is 0 Å². The molecule has 0 aromatic heterocycles. The molecule has 0 radical (unpaired) electrons. The zero-order valence-corrected chi connectivity index (χ0v) is 17.6. The Labute approximate surface area is 173 Å². The molecule has 0 aliphatic rings. The Morgan fingerprint density at radius 3 is 2.31 bits per heavy atom. The Balaban J connectivity index is 1.67. The van der Waals surface area contributed by atoms with E-state index < -0.39 is 6.04 Å². The van der Waals surface area contributed by atoms with E-state index in [9.17, 15) is 9.59 Å². The molecule has 2 aromatic rings. The fourth-order valence-electron chi connectivity index (χ4n) is 2.91. The number of aryl methyl sites for hydroxylation is 1. The summed E-state index contributed by atoms with van der Waals surface area (Å²) in [5.41, 5.74) is 2.14. The summed E-state index contributed by atoms with van der Waals surface area (Å²) in [6.07, 6.45) is 1.94. The second kappa shape index (κ2) is 11.9. The van der Waals surface area contributed by atoms with Crippen LogP contribution in [0.5, 0.6) is 5.75 Å². The van der Waals surface area contributed by atoms with Crippen LogP contribution in [0.3, 0.4) is 0 Å². The van der Waals surface area contributed by atoms with Gasteiger partial charge in [-0.05, 0) is 43.4 Å². The van der Waals surface area contributed by atoms with Crippen LogP contribution >= 0.6 is 0 Å². The first-order valence-corrected chi connectivity index (χ1v) is 10.3. The Hall–Kier alpha value is -2.82. The van der Waals surface area contributed by atoms with E-state index in [2.05, 4.69) is 10.6 Å². The average molecular weight is 397 g/mol. The molecule has 29 heavy (non-hydrogen) atoms. The quantitative estimate of drug-likeness (QED) is 0.570. The predicted octanol–water partition coefficient (Wildman–Crippen LogP) is 3.65. The van der Waals surface area contributed by atoms with Gasteiger partial charge in [0, 0.05) is 6.54 Å². The lowest BCUT2D eigenvalue weighted by molar-refractivity contribution is -0.129. The van der Waals surface area contributed by atoms with E-state index in [1.165, 1.54) is 5.56 Å². The van der Waals surface area contributed by atoms with Crippen molar-refractivity contribution in [1.29, 1.82) is 0 Å². The topological polar surface area (TPSA) is 67.4 Å². The number of amides is 2. The van der Waals surface area contributed by atoms with Gasteiger partial charge in [-0.25, -0.2) is 0 Å². The summed E-state index contributed by atoms with van der Waals surface area (Å²) in [5.74, 6) is 0.595. The van der Waals surface area contributed by atoms with E-state index in [-0.39, 0.29) is 24.2 Å². The highest BCUT2D eigenvalue weighted by Crippen LogP contribution is 2.11. The van der Waals surface area contributed by atoms with E-state index in [0.29, 0.717) is 13.2 Å². The van der Waals surface area contributed by atoms with Crippen molar-refractivity contribution >= 4 is 11.8 Å². The minimum Gasteiger partial charge on any atom is -0.494 e. The lowest BCUT2D eigenvalue weighted by atomic mass is 10.0. The van der Waals surface area contributed by atoms with E-state index in [1.807, 2.05) is 75.4 Å². The molecule has 2 aromatic carbocycles. The van der Waals surface area contributed by atoms with Crippen molar-refractivity contribution < 1.29 is 14.3 Å². The Morgan fingerprint density at radius 2 is 1.66 bits per heavy atom. The second-order valence-corrected chi connectivity index (χ2v) is 7.61. The smallest absolute Gasteiger partial charge is 0.242 e. The van der Waals surface area contributed by atoms with Gasteiger partial charge in [0.2, 0.25) is 11.8 Å². The van der Waals surface area contributed by atoms with Gasteiger partial charge in [-0.15, -0.1) is 0 Å². The zero-order chi connectivity index (χ0) is 21.1. The van der Waals surface area contributed by atoms with Gasteiger partial charge in [0.15, 0.2) is 0 Å². The molecule has 0 heterocycles. The first kappa shape index (κ1) is 22.5. The molecule has 0 aliphatic heterocycles. The monoisotopic (exact) mass is 396 g/mol. The molecule has 2 amide bonds. The van der Waals surface area contributed by atoms with Gasteiger partial charge in [0.1, 0.15) is 11.8 Å². The highest BCUT2D eigenvalue weighted by atomic mass is 16.5. The largest absolute Gasteiger partial charge is 0.494 e. The number of hydrogen-bond acceptors (Lipinski definition) is 3. The van der Waals surface area contributed by atoms with Crippen molar-refractivity contribution in [3.63, 3.8) is 0 Å². The van der Waals surface area contributed by atoms with Gasteiger partial charge in [-0.3, -0.25) is 9.59 Å². The third kappa shape index (κ3) is 8.38. The number of carbonyl (C=O) groups excluding carboxylic acids is 2. The maximum absolute atomic E-state index is 12.5. The van der Waals surface area contributed by atoms with Crippen LogP contribution in [-0.4, -0.2) is 31.0 Å². The molecule has 156 valence electrons. The fraction of sp³-hybridized carbons (Fsp3) is 0.417. The van der Waals surface area contributed by atoms with Crippen LogP contribution in [0.2, 0.25) is 0 Å². The number of carbonyl (C=O) groups is 2. The van der Waals surface area contributed by atoms with Gasteiger partial charge in [0.25, 0.3) is 0 Å². The number of ether oxygens (including phenoxy) is 1. The Morgan fingerprint density at radius 1 is 0.966 bits per heavy atom. The summed E-state index contributed by atoms with van der Waals surface area (Å²) in [4.78, 5) is 24.8. The number of benzene rings is 2. The van der Waals surface area contributed by atoms with Crippen molar-refractivity contribution in [3.05, 3.63) is 65.7 Å². The van der Waals surface area contributed by atoms with Crippen LogP contribution in [0.15, 0.2) is 54.6 Å². The molecule has 5 nitrogen and oxygen atoms in total. The van der Waals surface area contributed by atoms with Crippen LogP contribution in [0.25, 0.3) is 0 Å². The minimum atomic E-state index is -0.532. The summed E-state index contributed by atoms with van der Waals surface area (Å²) < 4.78 is 5.69. The summed E-state index contributed by atoms with van der Waals surface area (Å²) in [6.45, 7) is 7.08. The molecule has 1 unspecified atom stereocenters. The van der Waals surface area contributed by atoms with Crippen LogP contribution in [-0.2, 0) is 16.0 Å². The van der Waals surface area contributed by atoms with Crippen molar-refractivity contribution in [3.8, 4) is 5.75 Å². The normalized spacial score (nSPS) is 11.7. The molecule has 0 fully saturated rings. The van der Waals surface area contributed by atoms with Crippen LogP contribution in [0.1, 0.15) is 37.8 Å². The van der Waals surface area contributed by atoms with E-state index in [4.69, 9.17) is 4.74 Å². The first-order valence-electron chi connectivity index (χ1n) is 10.3. The molecular weight excluding hydrogens is 364 g/mol. The van der Waals surface area contributed by atoms with Crippen molar-refractivity contribution in [2.75, 3.05) is 13.2 Å².